The highest BCUT2D eigenvalue weighted by molar-refractivity contribution is 7.98. The van der Waals surface area contributed by atoms with Gasteiger partial charge in [-0.25, -0.2) is 4.98 Å². The monoisotopic (exact) mass is 439 g/mol. The molecule has 2 aromatic heterocycles. The van der Waals surface area contributed by atoms with Crippen molar-refractivity contribution in [2.75, 3.05) is 10.6 Å². The molecular weight excluding hydrogens is 422 g/mol. The summed E-state index contributed by atoms with van der Waals surface area (Å²) in [6.45, 7) is 3.19. The van der Waals surface area contributed by atoms with Gasteiger partial charge >= 0.3 is 0 Å². The minimum atomic E-state index is -0.247. The van der Waals surface area contributed by atoms with Gasteiger partial charge in [-0.1, -0.05) is 28.6 Å². The molecule has 0 radical (unpaired) electrons. The van der Waals surface area contributed by atoms with Crippen LogP contribution in [0.5, 0.6) is 0 Å². The van der Waals surface area contributed by atoms with Gasteiger partial charge in [0.1, 0.15) is 0 Å². The zero-order valence-electron chi connectivity index (χ0n) is 16.1. The molecule has 2 amide bonds. The Morgan fingerprint density at radius 1 is 1.13 bits per heavy atom. The van der Waals surface area contributed by atoms with Crippen molar-refractivity contribution in [2.45, 2.75) is 24.5 Å². The number of anilines is 2. The second kappa shape index (κ2) is 8.64. The molecule has 2 heterocycles. The highest BCUT2D eigenvalue weighted by Crippen LogP contribution is 2.30. The SMILES string of the molecule is CC(=O)Nc1ccc2nc(NC(=O)c3ccccc3SCc3noc(C)n3)sc2c1. The lowest BCUT2D eigenvalue weighted by Gasteiger charge is -2.07. The summed E-state index contributed by atoms with van der Waals surface area (Å²) >= 11 is 2.81. The van der Waals surface area contributed by atoms with E-state index in [1.165, 1.54) is 30.0 Å². The van der Waals surface area contributed by atoms with Crippen molar-refractivity contribution in [3.63, 3.8) is 0 Å². The van der Waals surface area contributed by atoms with Crippen LogP contribution in [0.25, 0.3) is 10.2 Å². The fraction of sp³-hybridized carbons (Fsp3) is 0.150. The molecule has 0 saturated carbocycles. The number of rotatable bonds is 6. The van der Waals surface area contributed by atoms with Gasteiger partial charge in [0.25, 0.3) is 5.91 Å². The van der Waals surface area contributed by atoms with Crippen molar-refractivity contribution in [3.8, 4) is 0 Å². The van der Waals surface area contributed by atoms with Gasteiger partial charge in [0, 0.05) is 24.4 Å². The Morgan fingerprint density at radius 3 is 2.73 bits per heavy atom. The van der Waals surface area contributed by atoms with E-state index < -0.39 is 0 Å². The number of benzene rings is 2. The van der Waals surface area contributed by atoms with E-state index in [0.717, 1.165) is 15.1 Å². The molecule has 0 spiro atoms. The van der Waals surface area contributed by atoms with Gasteiger partial charge in [-0.05, 0) is 30.3 Å². The number of aryl methyl sites for hydroxylation is 1. The van der Waals surface area contributed by atoms with Crippen LogP contribution >= 0.6 is 23.1 Å². The predicted octanol–water partition coefficient (Wildman–Crippen LogP) is 4.49. The Morgan fingerprint density at radius 2 is 1.97 bits per heavy atom. The molecule has 0 bridgehead atoms. The molecule has 10 heteroatoms. The highest BCUT2D eigenvalue weighted by Gasteiger charge is 2.15. The third-order valence-corrected chi connectivity index (χ3v) is 5.99. The molecule has 0 fully saturated rings. The Kier molecular flexibility index (Phi) is 5.77. The van der Waals surface area contributed by atoms with Crippen LogP contribution in [0, 0.1) is 6.92 Å². The minimum absolute atomic E-state index is 0.141. The molecule has 30 heavy (non-hydrogen) atoms. The number of aromatic nitrogens is 3. The number of thioether (sulfide) groups is 1. The largest absolute Gasteiger partial charge is 0.340 e. The topological polar surface area (TPSA) is 110 Å². The number of hydrogen-bond acceptors (Lipinski definition) is 8. The molecule has 0 aliphatic heterocycles. The minimum Gasteiger partial charge on any atom is -0.340 e. The Hall–Kier alpha value is -3.24. The average molecular weight is 440 g/mol. The number of thiazole rings is 1. The molecule has 0 unspecified atom stereocenters. The summed E-state index contributed by atoms with van der Waals surface area (Å²) < 4.78 is 5.85. The first-order valence-electron chi connectivity index (χ1n) is 8.98. The second-order valence-corrected chi connectivity index (χ2v) is 8.40. The normalized spacial score (nSPS) is 10.9. The van der Waals surface area contributed by atoms with Crippen LogP contribution in [0.3, 0.4) is 0 Å². The van der Waals surface area contributed by atoms with Gasteiger partial charge in [0.2, 0.25) is 11.8 Å². The first-order chi connectivity index (χ1) is 14.5. The molecule has 0 saturated heterocycles. The first kappa shape index (κ1) is 20.0. The van der Waals surface area contributed by atoms with Crippen molar-refractivity contribution in [3.05, 3.63) is 59.7 Å². The van der Waals surface area contributed by atoms with E-state index in [9.17, 15) is 9.59 Å². The fourth-order valence-electron chi connectivity index (χ4n) is 2.75. The van der Waals surface area contributed by atoms with Crippen molar-refractivity contribution in [1.82, 2.24) is 15.1 Å². The maximum absolute atomic E-state index is 12.9. The quantitative estimate of drug-likeness (QED) is 0.426. The Labute approximate surface area is 180 Å². The molecule has 4 rings (SSSR count). The third kappa shape index (κ3) is 4.66. The summed E-state index contributed by atoms with van der Waals surface area (Å²) in [5, 5.41) is 9.98. The average Bonchev–Trinajstić information content (AvgIpc) is 3.31. The number of nitrogens with zero attached hydrogens (tertiary/aromatic N) is 3. The van der Waals surface area contributed by atoms with Gasteiger partial charge in [0.15, 0.2) is 11.0 Å². The lowest BCUT2D eigenvalue weighted by atomic mass is 10.2. The number of nitrogens with one attached hydrogen (secondary N) is 2. The van der Waals surface area contributed by atoms with E-state index in [2.05, 4.69) is 25.8 Å². The maximum Gasteiger partial charge on any atom is 0.258 e. The van der Waals surface area contributed by atoms with Crippen molar-refractivity contribution < 1.29 is 14.1 Å². The second-order valence-electron chi connectivity index (χ2n) is 6.35. The standard InChI is InChI=1S/C20H17N5O3S2/c1-11(26)21-13-7-8-15-17(9-13)30-20(23-15)24-19(27)14-5-3-4-6-16(14)29-10-18-22-12(2)28-25-18/h3-9H,10H2,1-2H3,(H,21,26)(H,23,24,27). The molecular formula is C20H17N5O3S2. The molecule has 152 valence electrons. The predicted molar refractivity (Wildman–Crippen MR) is 117 cm³/mol. The lowest BCUT2D eigenvalue weighted by Crippen LogP contribution is -2.12. The number of amides is 2. The summed E-state index contributed by atoms with van der Waals surface area (Å²) in [6.07, 6.45) is 0. The molecule has 2 N–H and O–H groups in total. The molecule has 0 aliphatic carbocycles. The molecule has 2 aromatic carbocycles. The zero-order chi connectivity index (χ0) is 21.1. The van der Waals surface area contributed by atoms with Crippen LogP contribution in [0.1, 0.15) is 29.0 Å². The number of carbonyl (C=O) groups excluding carboxylic acids is 2. The molecule has 0 atom stereocenters. The van der Waals surface area contributed by atoms with Crippen LogP contribution in [0.15, 0.2) is 51.9 Å². The number of carbonyl (C=O) groups is 2. The van der Waals surface area contributed by atoms with E-state index in [1.54, 1.807) is 19.1 Å². The van der Waals surface area contributed by atoms with E-state index in [1.807, 2.05) is 30.3 Å². The van der Waals surface area contributed by atoms with E-state index in [-0.39, 0.29) is 11.8 Å². The summed E-state index contributed by atoms with van der Waals surface area (Å²) in [6, 6.07) is 12.8. The highest BCUT2D eigenvalue weighted by atomic mass is 32.2. The first-order valence-corrected chi connectivity index (χ1v) is 10.8. The summed E-state index contributed by atoms with van der Waals surface area (Å²) in [4.78, 5) is 33.6. The van der Waals surface area contributed by atoms with Gasteiger partial charge in [0.05, 0.1) is 21.5 Å². The molecule has 0 aliphatic rings. The summed E-state index contributed by atoms with van der Waals surface area (Å²) in [7, 11) is 0. The van der Waals surface area contributed by atoms with Crippen molar-refractivity contribution in [2.24, 2.45) is 0 Å². The Balaban J connectivity index is 1.50. The Bertz CT molecular complexity index is 1230. The van der Waals surface area contributed by atoms with Crippen LogP contribution in [-0.2, 0) is 10.5 Å². The summed E-state index contributed by atoms with van der Waals surface area (Å²) in [5.41, 5.74) is 1.98. The van der Waals surface area contributed by atoms with E-state index in [0.29, 0.717) is 33.9 Å². The summed E-state index contributed by atoms with van der Waals surface area (Å²) in [5.74, 6) is 1.19. The number of hydrogen-bond donors (Lipinski definition) is 2. The maximum atomic E-state index is 12.9. The fourth-order valence-corrected chi connectivity index (χ4v) is 4.54. The lowest BCUT2D eigenvalue weighted by molar-refractivity contribution is -0.114. The molecule has 4 aromatic rings. The third-order valence-electron chi connectivity index (χ3n) is 3.99. The van der Waals surface area contributed by atoms with Gasteiger partial charge in [-0.2, -0.15) is 4.98 Å². The van der Waals surface area contributed by atoms with E-state index >= 15 is 0 Å². The van der Waals surface area contributed by atoms with Crippen molar-refractivity contribution >= 4 is 55.9 Å². The smallest absolute Gasteiger partial charge is 0.258 e. The van der Waals surface area contributed by atoms with Gasteiger partial charge in [-0.15, -0.1) is 11.8 Å². The number of fused-ring (bicyclic) bond motifs is 1. The van der Waals surface area contributed by atoms with Crippen LogP contribution in [-0.4, -0.2) is 26.9 Å². The van der Waals surface area contributed by atoms with Crippen LogP contribution in [0.2, 0.25) is 0 Å². The van der Waals surface area contributed by atoms with Gasteiger partial charge in [-0.3, -0.25) is 14.9 Å². The molecule has 8 nitrogen and oxygen atoms in total. The zero-order valence-corrected chi connectivity index (χ0v) is 17.8. The van der Waals surface area contributed by atoms with Crippen LogP contribution < -0.4 is 10.6 Å². The van der Waals surface area contributed by atoms with Gasteiger partial charge < -0.3 is 9.84 Å². The van der Waals surface area contributed by atoms with E-state index in [4.69, 9.17) is 4.52 Å². The van der Waals surface area contributed by atoms with Crippen molar-refractivity contribution in [1.29, 1.82) is 0 Å². The van der Waals surface area contributed by atoms with Crippen LogP contribution in [0.4, 0.5) is 10.8 Å².